The number of nitrogens with zero attached hydrogens (tertiary/aromatic N) is 1. The van der Waals surface area contributed by atoms with Crippen LogP contribution in [-0.2, 0) is 14.6 Å². The van der Waals surface area contributed by atoms with Crippen LogP contribution in [0.2, 0.25) is 0 Å². The first-order chi connectivity index (χ1) is 6.88. The molecule has 2 N–H and O–H groups in total. The van der Waals surface area contributed by atoms with Crippen molar-refractivity contribution >= 4 is 27.0 Å². The number of sulfone groups is 1. The molecule has 15 heavy (non-hydrogen) atoms. The second-order valence-corrected chi connectivity index (χ2v) is 6.42. The Hall–Kier alpha value is -0.240. The number of ether oxygens (including phenoxy) is 1. The molecule has 5 nitrogen and oxygen atoms in total. The van der Waals surface area contributed by atoms with Gasteiger partial charge in [-0.3, -0.25) is 4.90 Å². The topological polar surface area (TPSA) is 72.6 Å². The van der Waals surface area contributed by atoms with Gasteiger partial charge in [0.15, 0.2) is 0 Å². The summed E-state index contributed by atoms with van der Waals surface area (Å²) in [5, 5.41) is 0. The van der Waals surface area contributed by atoms with Crippen LogP contribution in [0.5, 0.6) is 0 Å². The van der Waals surface area contributed by atoms with Gasteiger partial charge in [0, 0.05) is 25.9 Å². The van der Waals surface area contributed by atoms with E-state index in [1.54, 1.807) is 0 Å². The van der Waals surface area contributed by atoms with Gasteiger partial charge in [-0.1, -0.05) is 12.2 Å². The number of rotatable bonds is 4. The molecule has 0 bridgehead atoms. The molecule has 7 heteroatoms. The number of hydrogen-bond donors (Lipinski definition) is 1. The van der Waals surface area contributed by atoms with E-state index in [0.717, 1.165) is 6.54 Å². The summed E-state index contributed by atoms with van der Waals surface area (Å²) in [6.07, 6.45) is 0.992. The summed E-state index contributed by atoms with van der Waals surface area (Å²) < 4.78 is 27.3. The molecule has 0 spiro atoms. The van der Waals surface area contributed by atoms with Crippen LogP contribution in [0.25, 0.3) is 0 Å². The zero-order chi connectivity index (χ0) is 11.5. The maximum absolute atomic E-state index is 11.0. The van der Waals surface area contributed by atoms with E-state index >= 15 is 0 Å². The van der Waals surface area contributed by atoms with E-state index in [9.17, 15) is 8.42 Å². The predicted octanol–water partition coefficient (Wildman–Crippen LogP) is -0.982. The molecule has 0 aliphatic carbocycles. The third kappa shape index (κ3) is 4.87. The lowest BCUT2D eigenvalue weighted by Gasteiger charge is -2.31. The van der Waals surface area contributed by atoms with Gasteiger partial charge in [-0.25, -0.2) is 8.42 Å². The smallest absolute Gasteiger partial charge is 0.148 e. The van der Waals surface area contributed by atoms with Crippen molar-refractivity contribution in [2.75, 3.05) is 38.2 Å². The molecule has 88 valence electrons. The van der Waals surface area contributed by atoms with Crippen molar-refractivity contribution in [2.45, 2.75) is 6.10 Å². The lowest BCUT2D eigenvalue weighted by Crippen LogP contribution is -2.48. The van der Waals surface area contributed by atoms with E-state index < -0.39 is 9.84 Å². The van der Waals surface area contributed by atoms with E-state index in [-0.39, 0.29) is 11.9 Å². The monoisotopic (exact) mass is 252 g/mol. The fourth-order valence-corrected chi connectivity index (χ4v) is 2.11. The van der Waals surface area contributed by atoms with Gasteiger partial charge in [0.25, 0.3) is 0 Å². The quantitative estimate of drug-likeness (QED) is 0.648. The highest BCUT2D eigenvalue weighted by atomic mass is 32.2. The first kappa shape index (κ1) is 12.8. The van der Waals surface area contributed by atoms with Crippen molar-refractivity contribution in [3.8, 4) is 0 Å². The zero-order valence-corrected chi connectivity index (χ0v) is 10.3. The van der Waals surface area contributed by atoms with Gasteiger partial charge in [-0.2, -0.15) is 0 Å². The van der Waals surface area contributed by atoms with Crippen molar-refractivity contribution in [3.05, 3.63) is 0 Å². The summed E-state index contributed by atoms with van der Waals surface area (Å²) in [5.41, 5.74) is 5.47. The van der Waals surface area contributed by atoms with E-state index in [2.05, 4.69) is 0 Å². The Bertz CT molecular complexity index is 329. The fourth-order valence-electron chi connectivity index (χ4n) is 1.37. The molecule has 1 fully saturated rings. The van der Waals surface area contributed by atoms with E-state index in [1.165, 1.54) is 6.26 Å². The van der Waals surface area contributed by atoms with Crippen LogP contribution in [0.4, 0.5) is 0 Å². The lowest BCUT2D eigenvalue weighted by molar-refractivity contribution is 0.00975. The predicted molar refractivity (Wildman–Crippen MR) is 62.7 cm³/mol. The van der Waals surface area contributed by atoms with Gasteiger partial charge in [-0.05, 0) is 0 Å². The minimum Gasteiger partial charge on any atom is -0.391 e. The summed E-state index contributed by atoms with van der Waals surface area (Å²) >= 11 is 4.83. The third-order valence-electron chi connectivity index (χ3n) is 2.25. The Morgan fingerprint density at radius 1 is 1.67 bits per heavy atom. The minimum absolute atomic E-state index is 0.164. The lowest BCUT2D eigenvalue weighted by atomic mass is 10.3. The van der Waals surface area contributed by atoms with Crippen LogP contribution in [0.1, 0.15) is 0 Å². The second kappa shape index (κ2) is 5.20. The minimum atomic E-state index is -2.91. The molecular weight excluding hydrogens is 236 g/mol. The van der Waals surface area contributed by atoms with Crippen LogP contribution in [0, 0.1) is 0 Å². The molecule has 0 aromatic heterocycles. The highest BCUT2D eigenvalue weighted by molar-refractivity contribution is 7.90. The zero-order valence-electron chi connectivity index (χ0n) is 8.68. The number of nitrogens with two attached hydrogens (primary N) is 1. The van der Waals surface area contributed by atoms with E-state index in [0.29, 0.717) is 24.7 Å². The Morgan fingerprint density at radius 3 is 2.87 bits per heavy atom. The molecule has 1 saturated heterocycles. The maximum atomic E-state index is 11.0. The van der Waals surface area contributed by atoms with Crippen LogP contribution >= 0.6 is 12.2 Å². The molecule has 1 rings (SSSR count). The van der Waals surface area contributed by atoms with E-state index in [1.807, 2.05) is 4.90 Å². The molecule has 1 aliphatic heterocycles. The van der Waals surface area contributed by atoms with Gasteiger partial charge in [0.1, 0.15) is 20.9 Å². The average Bonchev–Trinajstić information content (AvgIpc) is 2.14. The molecule has 0 saturated carbocycles. The first-order valence-electron chi connectivity index (χ1n) is 4.69. The number of hydrogen-bond acceptors (Lipinski definition) is 5. The summed E-state index contributed by atoms with van der Waals surface area (Å²) in [4.78, 5) is 2.34. The van der Waals surface area contributed by atoms with Crippen molar-refractivity contribution in [1.82, 2.24) is 4.90 Å². The van der Waals surface area contributed by atoms with Crippen LogP contribution in [0.3, 0.4) is 0 Å². The maximum Gasteiger partial charge on any atom is 0.148 e. The summed E-state index contributed by atoms with van der Waals surface area (Å²) in [6, 6.07) is 0. The Morgan fingerprint density at radius 2 is 2.33 bits per heavy atom. The molecule has 0 aromatic rings. The Labute approximate surface area is 95.5 Å². The van der Waals surface area contributed by atoms with Gasteiger partial charge in [0.05, 0.1) is 12.4 Å². The molecule has 0 radical (unpaired) electrons. The molecule has 1 aliphatic rings. The average molecular weight is 252 g/mol. The van der Waals surface area contributed by atoms with Crippen LogP contribution in [0.15, 0.2) is 0 Å². The molecule has 1 atom stereocenters. The van der Waals surface area contributed by atoms with Crippen LogP contribution < -0.4 is 5.73 Å². The highest BCUT2D eigenvalue weighted by Crippen LogP contribution is 2.05. The number of morpholine rings is 1. The summed E-state index contributed by atoms with van der Waals surface area (Å²) in [7, 11) is -2.91. The molecule has 1 heterocycles. The van der Waals surface area contributed by atoms with Gasteiger partial charge >= 0.3 is 0 Å². The number of thiocarbonyl (C=S) groups is 1. The van der Waals surface area contributed by atoms with Crippen molar-refractivity contribution < 1.29 is 13.2 Å². The molecule has 0 amide bonds. The Balaban J connectivity index is 2.40. The van der Waals surface area contributed by atoms with Gasteiger partial charge in [0.2, 0.25) is 0 Å². The summed E-state index contributed by atoms with van der Waals surface area (Å²) in [5.74, 6) is 0.164. The van der Waals surface area contributed by atoms with Gasteiger partial charge < -0.3 is 10.5 Å². The van der Waals surface area contributed by atoms with Crippen molar-refractivity contribution in [2.24, 2.45) is 5.73 Å². The standard InChI is InChI=1S/C8H16N2O3S2/c1-15(11,12)5-3-10-2-4-13-7(6-10)8(9)14/h7H,2-6H2,1H3,(H2,9,14). The Kier molecular flexibility index (Phi) is 4.45. The van der Waals surface area contributed by atoms with Crippen LogP contribution in [-0.4, -0.2) is 62.7 Å². The fraction of sp³-hybridized carbons (Fsp3) is 0.875. The van der Waals surface area contributed by atoms with Gasteiger partial charge in [-0.15, -0.1) is 0 Å². The van der Waals surface area contributed by atoms with E-state index in [4.69, 9.17) is 22.7 Å². The molecular formula is C8H16N2O3S2. The molecule has 1 unspecified atom stereocenters. The highest BCUT2D eigenvalue weighted by Gasteiger charge is 2.22. The largest absolute Gasteiger partial charge is 0.391 e. The SMILES string of the molecule is CS(=O)(=O)CCN1CCOC(C(N)=S)C1. The molecule has 0 aromatic carbocycles. The normalized spacial score (nSPS) is 23.9. The first-order valence-corrected chi connectivity index (χ1v) is 7.16. The second-order valence-electron chi connectivity index (χ2n) is 3.69. The summed E-state index contributed by atoms with van der Waals surface area (Å²) in [6.45, 7) is 2.38. The third-order valence-corrected chi connectivity index (χ3v) is 3.43. The van der Waals surface area contributed by atoms with Crippen molar-refractivity contribution in [1.29, 1.82) is 0 Å². The van der Waals surface area contributed by atoms with Crippen molar-refractivity contribution in [3.63, 3.8) is 0 Å².